The van der Waals surface area contributed by atoms with Gasteiger partial charge < -0.3 is 14.6 Å². The third-order valence-electron chi connectivity index (χ3n) is 4.89. The van der Waals surface area contributed by atoms with E-state index >= 15 is 0 Å². The van der Waals surface area contributed by atoms with Gasteiger partial charge in [0.25, 0.3) is 0 Å². The molecular weight excluding hydrogens is 328 g/mol. The van der Waals surface area contributed by atoms with Crippen molar-refractivity contribution in [3.05, 3.63) is 59.1 Å². The van der Waals surface area contributed by atoms with Crippen LogP contribution in [-0.2, 0) is 18.3 Å². The molecule has 1 aliphatic heterocycles. The average molecular weight is 352 g/mol. The number of nitrogens with one attached hydrogen (secondary N) is 1. The number of aromatic nitrogens is 3. The van der Waals surface area contributed by atoms with Gasteiger partial charge in [0.05, 0.1) is 12.2 Å². The number of rotatable bonds is 5. The zero-order chi connectivity index (χ0) is 18.1. The van der Waals surface area contributed by atoms with Crippen LogP contribution in [0.5, 0.6) is 0 Å². The maximum absolute atomic E-state index is 5.96. The van der Waals surface area contributed by atoms with Crippen LogP contribution < -0.4 is 5.32 Å². The molecule has 3 aromatic rings. The van der Waals surface area contributed by atoms with Gasteiger partial charge in [-0.05, 0) is 20.3 Å². The number of nitrogens with zero attached hydrogens (tertiary/aromatic N) is 3. The minimum Gasteiger partial charge on any atom is -0.372 e. The summed E-state index contributed by atoms with van der Waals surface area (Å²) in [6.07, 6.45) is 3.05. The minimum atomic E-state index is 0.0307. The highest BCUT2D eigenvalue weighted by atomic mass is 16.5. The largest absolute Gasteiger partial charge is 0.372 e. The van der Waals surface area contributed by atoms with Crippen molar-refractivity contribution in [3.8, 4) is 11.3 Å². The Balaban J connectivity index is 1.42. The molecule has 0 amide bonds. The van der Waals surface area contributed by atoms with Crippen LogP contribution in [0.3, 0.4) is 0 Å². The van der Waals surface area contributed by atoms with E-state index in [0.29, 0.717) is 6.54 Å². The van der Waals surface area contributed by atoms with Gasteiger partial charge in [0.15, 0.2) is 5.76 Å². The van der Waals surface area contributed by atoms with E-state index in [1.54, 1.807) is 0 Å². The van der Waals surface area contributed by atoms with Crippen molar-refractivity contribution in [1.82, 2.24) is 20.3 Å². The lowest BCUT2D eigenvalue weighted by Gasteiger charge is -2.18. The topological polar surface area (TPSA) is 65.1 Å². The van der Waals surface area contributed by atoms with Gasteiger partial charge in [-0.15, -0.1) is 0 Å². The fourth-order valence-corrected chi connectivity index (χ4v) is 3.49. The second kappa shape index (κ2) is 7.05. The lowest BCUT2D eigenvalue weighted by Crippen LogP contribution is -2.31. The normalized spacial score (nSPS) is 20.0. The Kier molecular flexibility index (Phi) is 4.61. The van der Waals surface area contributed by atoms with Crippen LogP contribution in [-0.4, -0.2) is 27.6 Å². The van der Waals surface area contributed by atoms with E-state index in [9.17, 15) is 0 Å². The highest BCUT2D eigenvalue weighted by Gasteiger charge is 2.31. The van der Waals surface area contributed by atoms with Gasteiger partial charge in [0, 0.05) is 43.1 Å². The van der Waals surface area contributed by atoms with Crippen LogP contribution in [0.4, 0.5) is 0 Å². The molecular formula is C20H24N4O2. The van der Waals surface area contributed by atoms with E-state index in [0.717, 1.165) is 41.3 Å². The Labute approximate surface area is 153 Å². The van der Waals surface area contributed by atoms with E-state index < -0.39 is 0 Å². The first-order chi connectivity index (χ1) is 12.6. The first kappa shape index (κ1) is 17.0. The maximum Gasteiger partial charge on any atom is 0.151 e. The molecule has 0 radical (unpaired) electrons. The highest BCUT2D eigenvalue weighted by Crippen LogP contribution is 2.31. The van der Waals surface area contributed by atoms with Crippen molar-refractivity contribution in [2.45, 2.75) is 39.0 Å². The van der Waals surface area contributed by atoms with Crippen molar-refractivity contribution in [1.29, 1.82) is 0 Å². The lowest BCUT2D eigenvalue weighted by molar-refractivity contribution is 0.0974. The summed E-state index contributed by atoms with van der Waals surface area (Å²) in [7, 11) is 1.94. The van der Waals surface area contributed by atoms with Crippen molar-refractivity contribution in [2.75, 3.05) is 6.61 Å². The fraction of sp³-hybridized carbons (Fsp3) is 0.400. The Hall–Kier alpha value is -2.44. The third-order valence-corrected chi connectivity index (χ3v) is 4.89. The van der Waals surface area contributed by atoms with E-state index in [4.69, 9.17) is 9.26 Å². The number of hydrogen-bond acceptors (Lipinski definition) is 5. The number of benzene rings is 1. The monoisotopic (exact) mass is 352 g/mol. The van der Waals surface area contributed by atoms with Gasteiger partial charge >= 0.3 is 0 Å². The van der Waals surface area contributed by atoms with Gasteiger partial charge in [0.2, 0.25) is 0 Å². The van der Waals surface area contributed by atoms with Gasteiger partial charge in [0.1, 0.15) is 11.8 Å². The standard InChI is InChI=1S/C20H24N4O2/c1-13-4-6-15(7-5-13)19-10-16(26-23-19)11-21-18-8-9-25-20(18)17-12-24(3)22-14(17)2/h4-7,10,12,18,20-21H,8-9,11H2,1-3H3/t18-,20+/m0/s1. The van der Waals surface area contributed by atoms with E-state index in [1.165, 1.54) is 5.56 Å². The zero-order valence-electron chi connectivity index (χ0n) is 15.4. The fourth-order valence-electron chi connectivity index (χ4n) is 3.49. The predicted octanol–water partition coefficient (Wildman–Crippen LogP) is 3.31. The molecule has 0 unspecified atom stereocenters. The van der Waals surface area contributed by atoms with Crippen molar-refractivity contribution < 1.29 is 9.26 Å². The first-order valence-corrected chi connectivity index (χ1v) is 8.98. The van der Waals surface area contributed by atoms with Crippen LogP contribution in [0, 0.1) is 13.8 Å². The van der Waals surface area contributed by atoms with E-state index in [2.05, 4.69) is 46.8 Å². The number of ether oxygens (including phenoxy) is 1. The quantitative estimate of drug-likeness (QED) is 0.763. The highest BCUT2D eigenvalue weighted by molar-refractivity contribution is 5.59. The van der Waals surface area contributed by atoms with Crippen LogP contribution in [0.1, 0.15) is 35.1 Å². The van der Waals surface area contributed by atoms with Gasteiger partial charge in [-0.25, -0.2) is 0 Å². The molecule has 2 atom stereocenters. The molecule has 0 saturated carbocycles. The molecule has 0 aliphatic carbocycles. The zero-order valence-corrected chi connectivity index (χ0v) is 15.4. The van der Waals surface area contributed by atoms with Gasteiger partial charge in [-0.2, -0.15) is 5.10 Å². The summed E-state index contributed by atoms with van der Waals surface area (Å²) in [6.45, 7) is 5.48. The van der Waals surface area contributed by atoms with Crippen molar-refractivity contribution in [2.24, 2.45) is 7.05 Å². The van der Waals surface area contributed by atoms with Gasteiger partial charge in [-0.1, -0.05) is 35.0 Å². The molecule has 1 fully saturated rings. The summed E-state index contributed by atoms with van der Waals surface area (Å²) in [6, 6.07) is 10.5. The van der Waals surface area contributed by atoms with Crippen LogP contribution in [0.25, 0.3) is 11.3 Å². The Morgan fingerprint density at radius 3 is 2.77 bits per heavy atom. The molecule has 1 aromatic carbocycles. The van der Waals surface area contributed by atoms with E-state index in [-0.39, 0.29) is 12.1 Å². The lowest BCUT2D eigenvalue weighted by atomic mass is 10.0. The SMILES string of the molecule is Cc1ccc(-c2cc(CN[C@H]3CCO[C@@H]3c3cn(C)nc3C)on2)cc1. The Bertz CT molecular complexity index is 882. The molecule has 1 aliphatic rings. The first-order valence-electron chi connectivity index (χ1n) is 8.98. The van der Waals surface area contributed by atoms with Gasteiger partial charge in [-0.3, -0.25) is 4.68 Å². The Morgan fingerprint density at radius 2 is 2.04 bits per heavy atom. The predicted molar refractivity (Wildman–Crippen MR) is 98.6 cm³/mol. The number of aryl methyl sites for hydroxylation is 3. The molecule has 2 aromatic heterocycles. The molecule has 136 valence electrons. The number of hydrogen-bond donors (Lipinski definition) is 1. The summed E-state index contributed by atoms with van der Waals surface area (Å²) in [5, 5.41) is 12.2. The molecule has 1 N–H and O–H groups in total. The summed E-state index contributed by atoms with van der Waals surface area (Å²) in [5.74, 6) is 0.828. The minimum absolute atomic E-state index is 0.0307. The summed E-state index contributed by atoms with van der Waals surface area (Å²) >= 11 is 0. The molecule has 3 heterocycles. The van der Waals surface area contributed by atoms with Crippen molar-refractivity contribution in [3.63, 3.8) is 0 Å². The molecule has 1 saturated heterocycles. The van der Waals surface area contributed by atoms with Crippen LogP contribution >= 0.6 is 0 Å². The summed E-state index contributed by atoms with van der Waals surface area (Å²) < 4.78 is 13.3. The smallest absolute Gasteiger partial charge is 0.151 e. The van der Waals surface area contributed by atoms with E-state index in [1.807, 2.05) is 30.9 Å². The third kappa shape index (κ3) is 3.43. The second-order valence-electron chi connectivity index (χ2n) is 6.96. The van der Waals surface area contributed by atoms with Crippen LogP contribution in [0.2, 0.25) is 0 Å². The molecule has 4 rings (SSSR count). The summed E-state index contributed by atoms with van der Waals surface area (Å²) in [5.41, 5.74) is 5.34. The molecule has 0 spiro atoms. The molecule has 6 heteroatoms. The maximum atomic E-state index is 5.96. The molecule has 6 nitrogen and oxygen atoms in total. The molecule has 0 bridgehead atoms. The second-order valence-corrected chi connectivity index (χ2v) is 6.96. The van der Waals surface area contributed by atoms with Crippen molar-refractivity contribution >= 4 is 0 Å². The molecule has 26 heavy (non-hydrogen) atoms. The summed E-state index contributed by atoms with van der Waals surface area (Å²) in [4.78, 5) is 0. The van der Waals surface area contributed by atoms with Crippen LogP contribution in [0.15, 0.2) is 41.1 Å². The Morgan fingerprint density at radius 1 is 1.23 bits per heavy atom. The average Bonchev–Trinajstić information content (AvgIpc) is 3.33.